The predicted molar refractivity (Wildman–Crippen MR) is 274 cm³/mol. The highest BCUT2D eigenvalue weighted by Gasteiger charge is 2.30. The summed E-state index contributed by atoms with van der Waals surface area (Å²) in [5, 5.41) is 7.43. The van der Waals surface area contributed by atoms with E-state index in [9.17, 15) is 0 Å². The van der Waals surface area contributed by atoms with Gasteiger partial charge in [-0.3, -0.25) is 4.99 Å². The second-order valence-electron chi connectivity index (χ2n) is 17.8. The first kappa shape index (κ1) is 38.1. The van der Waals surface area contributed by atoms with Crippen molar-refractivity contribution in [1.82, 2.24) is 0 Å². The van der Waals surface area contributed by atoms with Crippen molar-refractivity contribution in [2.75, 3.05) is 0 Å². The summed E-state index contributed by atoms with van der Waals surface area (Å²) in [6, 6.07) is 71.0. The van der Waals surface area contributed by atoms with Crippen LogP contribution in [0.15, 0.2) is 209 Å². The molecule has 0 saturated carbocycles. The molecule has 0 fully saturated rings. The number of para-hydroxylation sites is 1. The average Bonchev–Trinajstić information content (AvgIpc) is 3.87. The van der Waals surface area contributed by atoms with E-state index in [2.05, 4.69) is 194 Å². The second-order valence-corrected chi connectivity index (χ2v) is 18.8. The van der Waals surface area contributed by atoms with E-state index in [0.717, 1.165) is 76.7 Å². The van der Waals surface area contributed by atoms with Gasteiger partial charge >= 0.3 is 0 Å². The quantitative estimate of drug-likeness (QED) is 0.170. The van der Waals surface area contributed by atoms with Gasteiger partial charge in [-0.15, -0.1) is 11.3 Å². The first-order valence-electron chi connectivity index (χ1n) is 23.0. The molecule has 1 aliphatic carbocycles. The standard InChI is InChI=1S/C61H44N2OS/c1-2-15-38(16-3-1)39-19-12-20-43(34-39)54-26-14-27-55(48-25-13-30-59-60(48)49-24-9-11-29-58(49)65-59)63-61(62-54)53-37-57-52(47-23-8-10-28-56(47)64-57)36-51(53)46-32-31-42-33-40-17-4-5-18-41(40)35-50(42)45-22-7-6-21-44(45)46/h1-13,15-25,28-30,33-37,46,55H,14,26-27,31-32H2/b62-54+,63-61-. The lowest BCUT2D eigenvalue weighted by atomic mass is 9.82. The average molecular weight is 853 g/mol. The van der Waals surface area contributed by atoms with Crippen molar-refractivity contribution < 1.29 is 4.42 Å². The fraction of sp³-hybridized carbons (Fsp3) is 0.115. The van der Waals surface area contributed by atoms with Gasteiger partial charge in [0.25, 0.3) is 0 Å². The maximum absolute atomic E-state index is 6.75. The number of aryl methyl sites for hydroxylation is 1. The molecule has 2 unspecified atom stereocenters. The van der Waals surface area contributed by atoms with Gasteiger partial charge in [0.1, 0.15) is 11.2 Å². The normalized spacial score (nSPS) is 18.1. The van der Waals surface area contributed by atoms with E-state index in [0.29, 0.717) is 0 Å². The monoisotopic (exact) mass is 852 g/mol. The van der Waals surface area contributed by atoms with Crippen LogP contribution in [0.25, 0.3) is 75.1 Å². The predicted octanol–water partition coefficient (Wildman–Crippen LogP) is 16.7. The van der Waals surface area contributed by atoms with Crippen LogP contribution in [0.5, 0.6) is 0 Å². The molecule has 0 saturated heterocycles. The lowest BCUT2D eigenvalue weighted by Gasteiger charge is -2.24. The molecule has 3 nitrogen and oxygen atoms in total. The van der Waals surface area contributed by atoms with Crippen LogP contribution in [0.1, 0.15) is 71.0 Å². The Hall–Kier alpha value is -7.40. The largest absolute Gasteiger partial charge is 0.456 e. The Morgan fingerprint density at radius 3 is 2.11 bits per heavy atom. The SMILES string of the molecule is c1ccc(-c2cccc(/C3=N/C(c4cc5oc6ccccc6c5cc4C4CCc5cc6ccccc6cc5-c5ccccc54)=N\C(c4cccc5sc6ccccc6c45)CCC3)c2)cc1. The molecular formula is C61H44N2OS. The summed E-state index contributed by atoms with van der Waals surface area (Å²) in [5.74, 6) is 0.847. The number of aliphatic imine (C=N–C) groups is 2. The molecule has 13 rings (SSSR count). The molecule has 310 valence electrons. The number of fused-ring (bicyclic) bond motifs is 10. The van der Waals surface area contributed by atoms with Crippen molar-refractivity contribution >= 4 is 75.8 Å². The zero-order chi connectivity index (χ0) is 42.8. The maximum Gasteiger partial charge on any atom is 0.155 e. The third-order valence-corrected chi connectivity index (χ3v) is 15.1. The van der Waals surface area contributed by atoms with Crippen molar-refractivity contribution in [2.24, 2.45) is 9.98 Å². The summed E-state index contributed by atoms with van der Waals surface area (Å²) in [6.07, 6.45) is 4.61. The van der Waals surface area contributed by atoms with Gasteiger partial charge in [-0.25, -0.2) is 4.99 Å². The molecule has 2 atom stereocenters. The van der Waals surface area contributed by atoms with Crippen LogP contribution in [0.4, 0.5) is 0 Å². The second kappa shape index (κ2) is 15.7. The van der Waals surface area contributed by atoms with Crippen LogP contribution in [0.2, 0.25) is 0 Å². The Kier molecular flexibility index (Phi) is 9.20. The van der Waals surface area contributed by atoms with Crippen LogP contribution >= 0.6 is 11.3 Å². The van der Waals surface area contributed by atoms with E-state index in [1.807, 2.05) is 11.3 Å². The fourth-order valence-electron chi connectivity index (χ4n) is 10.9. The topological polar surface area (TPSA) is 37.9 Å². The molecule has 9 aromatic carbocycles. The van der Waals surface area contributed by atoms with Gasteiger partial charge in [-0.05, 0) is 135 Å². The first-order chi connectivity index (χ1) is 32.2. The van der Waals surface area contributed by atoms with Crippen LogP contribution in [0.3, 0.4) is 0 Å². The summed E-state index contributed by atoms with van der Waals surface area (Å²) < 4.78 is 9.36. The molecule has 0 spiro atoms. The number of nitrogens with zero attached hydrogens (tertiary/aromatic N) is 2. The van der Waals surface area contributed by atoms with Crippen LogP contribution in [0, 0.1) is 0 Å². The Labute approximate surface area is 382 Å². The summed E-state index contributed by atoms with van der Waals surface area (Å²) >= 11 is 1.87. The highest BCUT2D eigenvalue weighted by atomic mass is 32.1. The van der Waals surface area contributed by atoms with E-state index in [-0.39, 0.29) is 12.0 Å². The van der Waals surface area contributed by atoms with Gasteiger partial charge < -0.3 is 4.42 Å². The van der Waals surface area contributed by atoms with Gasteiger partial charge in [0.15, 0.2) is 5.84 Å². The molecule has 65 heavy (non-hydrogen) atoms. The first-order valence-corrected chi connectivity index (χ1v) is 23.8. The third-order valence-electron chi connectivity index (χ3n) is 14.0. The number of furan rings is 1. The number of amidine groups is 1. The van der Waals surface area contributed by atoms with Crippen molar-refractivity contribution in [1.29, 1.82) is 0 Å². The zero-order valence-corrected chi connectivity index (χ0v) is 36.7. The number of benzene rings is 9. The lowest BCUT2D eigenvalue weighted by molar-refractivity contribution is 0.625. The molecule has 0 radical (unpaired) electrons. The minimum atomic E-state index is -0.0926. The number of hydrogen-bond donors (Lipinski definition) is 0. The zero-order valence-electron chi connectivity index (χ0n) is 35.9. The molecule has 11 aromatic rings. The maximum atomic E-state index is 6.75. The molecule has 2 aromatic heterocycles. The Morgan fingerprint density at radius 2 is 1.18 bits per heavy atom. The van der Waals surface area contributed by atoms with Crippen molar-refractivity contribution in [3.63, 3.8) is 0 Å². The molecule has 0 N–H and O–H groups in total. The van der Waals surface area contributed by atoms with Crippen LogP contribution < -0.4 is 0 Å². The Morgan fingerprint density at radius 1 is 0.462 bits per heavy atom. The van der Waals surface area contributed by atoms with E-state index in [1.165, 1.54) is 75.5 Å². The molecule has 3 heterocycles. The third kappa shape index (κ3) is 6.62. The number of hydrogen-bond acceptors (Lipinski definition) is 4. The smallest absolute Gasteiger partial charge is 0.155 e. The lowest BCUT2D eigenvalue weighted by Crippen LogP contribution is -2.16. The number of thiophene rings is 1. The van der Waals surface area contributed by atoms with E-state index in [1.54, 1.807) is 0 Å². The Bertz CT molecular complexity index is 3720. The Balaban J connectivity index is 1.07. The van der Waals surface area contributed by atoms with Gasteiger partial charge in [-0.2, -0.15) is 0 Å². The molecule has 4 heteroatoms. The fourth-order valence-corrected chi connectivity index (χ4v) is 12.0. The summed E-state index contributed by atoms with van der Waals surface area (Å²) in [6.45, 7) is 0. The van der Waals surface area contributed by atoms with Crippen molar-refractivity contribution in [2.45, 2.75) is 44.1 Å². The molecule has 0 bridgehead atoms. The van der Waals surface area contributed by atoms with E-state index < -0.39 is 0 Å². The van der Waals surface area contributed by atoms with E-state index >= 15 is 0 Å². The highest BCUT2D eigenvalue weighted by Crippen LogP contribution is 2.46. The minimum absolute atomic E-state index is 0.0747. The van der Waals surface area contributed by atoms with Crippen molar-refractivity contribution in [3.05, 3.63) is 228 Å². The minimum Gasteiger partial charge on any atom is -0.456 e. The molecule has 0 amide bonds. The summed E-state index contributed by atoms with van der Waals surface area (Å²) in [4.78, 5) is 11.7. The number of rotatable bonds is 5. The molecule has 1 aliphatic heterocycles. The van der Waals surface area contributed by atoms with Gasteiger partial charge in [0.2, 0.25) is 0 Å². The molecular weight excluding hydrogens is 809 g/mol. The van der Waals surface area contributed by atoms with Gasteiger partial charge in [0, 0.05) is 42.4 Å². The van der Waals surface area contributed by atoms with E-state index in [4.69, 9.17) is 14.4 Å². The molecule has 2 aliphatic rings. The summed E-state index contributed by atoms with van der Waals surface area (Å²) in [5.41, 5.74) is 15.3. The van der Waals surface area contributed by atoms with Crippen LogP contribution in [-0.4, -0.2) is 11.5 Å². The van der Waals surface area contributed by atoms with Crippen molar-refractivity contribution in [3.8, 4) is 22.3 Å². The highest BCUT2D eigenvalue weighted by molar-refractivity contribution is 7.25. The van der Waals surface area contributed by atoms with Gasteiger partial charge in [0.05, 0.1) is 11.8 Å². The van der Waals surface area contributed by atoms with Crippen LogP contribution in [-0.2, 0) is 6.42 Å². The summed E-state index contributed by atoms with van der Waals surface area (Å²) in [7, 11) is 0. The van der Waals surface area contributed by atoms with Gasteiger partial charge in [-0.1, -0.05) is 152 Å².